The third-order valence-corrected chi connectivity index (χ3v) is 5.95. The van der Waals surface area contributed by atoms with Crippen molar-refractivity contribution < 1.29 is 4.74 Å². The third-order valence-electron chi connectivity index (χ3n) is 3.62. The molecule has 20 heavy (non-hydrogen) atoms. The van der Waals surface area contributed by atoms with Crippen LogP contribution in [-0.4, -0.2) is 25.0 Å². The normalized spacial score (nSPS) is 18.1. The lowest BCUT2D eigenvalue weighted by molar-refractivity contribution is 0.100. The zero-order valence-electron chi connectivity index (χ0n) is 12.3. The molecule has 0 spiro atoms. The van der Waals surface area contributed by atoms with Crippen molar-refractivity contribution in [2.75, 3.05) is 19.8 Å². The van der Waals surface area contributed by atoms with Crippen LogP contribution in [0.3, 0.4) is 0 Å². The summed E-state index contributed by atoms with van der Waals surface area (Å²) in [6.45, 7) is 7.31. The van der Waals surface area contributed by atoms with Crippen molar-refractivity contribution in [3.8, 4) is 0 Å². The Bertz CT molecular complexity index is 421. The van der Waals surface area contributed by atoms with Crippen molar-refractivity contribution in [2.45, 2.75) is 49.3 Å². The molecule has 1 atom stereocenters. The summed E-state index contributed by atoms with van der Waals surface area (Å²) in [6, 6.07) is 7.17. The Morgan fingerprint density at radius 2 is 2.15 bits per heavy atom. The molecular formula is C16H24BrNOS. The van der Waals surface area contributed by atoms with Gasteiger partial charge in [0.2, 0.25) is 0 Å². The molecule has 112 valence electrons. The van der Waals surface area contributed by atoms with Crippen LogP contribution in [0.25, 0.3) is 0 Å². The minimum Gasteiger partial charge on any atom is -0.381 e. The van der Waals surface area contributed by atoms with Crippen molar-refractivity contribution in [1.82, 2.24) is 5.32 Å². The van der Waals surface area contributed by atoms with Gasteiger partial charge in [0, 0.05) is 33.9 Å². The number of hydrogen-bond donors (Lipinski definition) is 1. The number of ether oxygens (including phenoxy) is 1. The molecule has 1 aliphatic heterocycles. The molecular weight excluding hydrogens is 334 g/mol. The molecule has 1 aromatic rings. The van der Waals surface area contributed by atoms with Crippen LogP contribution in [0.15, 0.2) is 27.6 Å². The monoisotopic (exact) mass is 357 g/mol. The molecule has 1 saturated heterocycles. The van der Waals surface area contributed by atoms with Gasteiger partial charge in [0.1, 0.15) is 0 Å². The number of benzene rings is 1. The first-order valence-electron chi connectivity index (χ1n) is 7.48. The number of halogens is 1. The van der Waals surface area contributed by atoms with Crippen molar-refractivity contribution in [2.24, 2.45) is 0 Å². The van der Waals surface area contributed by atoms with Gasteiger partial charge in [-0.25, -0.2) is 0 Å². The zero-order chi connectivity index (χ0) is 14.4. The van der Waals surface area contributed by atoms with Crippen molar-refractivity contribution in [3.05, 3.63) is 28.2 Å². The topological polar surface area (TPSA) is 21.3 Å². The molecule has 1 N–H and O–H groups in total. The predicted octanol–water partition coefficient (Wildman–Crippen LogP) is 4.78. The average molecular weight is 358 g/mol. The molecule has 0 radical (unpaired) electrons. The standard InChI is InChI=1S/C16H24BrNOS/c1-3-8-18-12(2)13-4-5-16(15(17)11-13)20-14-6-9-19-10-7-14/h4-5,11-12,14,18H,3,6-10H2,1-2H3. The van der Waals surface area contributed by atoms with Gasteiger partial charge < -0.3 is 10.1 Å². The Kier molecular flexibility index (Phi) is 6.88. The summed E-state index contributed by atoms with van der Waals surface area (Å²) < 4.78 is 6.64. The molecule has 1 heterocycles. The van der Waals surface area contributed by atoms with Crippen molar-refractivity contribution in [3.63, 3.8) is 0 Å². The molecule has 0 aliphatic carbocycles. The fraction of sp³-hybridized carbons (Fsp3) is 0.625. The average Bonchev–Trinajstić information content (AvgIpc) is 2.48. The van der Waals surface area contributed by atoms with Gasteiger partial charge in [-0.2, -0.15) is 0 Å². The van der Waals surface area contributed by atoms with E-state index in [0.717, 1.165) is 32.6 Å². The smallest absolute Gasteiger partial charge is 0.0476 e. The lowest BCUT2D eigenvalue weighted by atomic mass is 10.1. The molecule has 1 aliphatic rings. The molecule has 0 aromatic heterocycles. The van der Waals surface area contributed by atoms with Gasteiger partial charge in [0.05, 0.1) is 0 Å². The first-order chi connectivity index (χ1) is 9.70. The summed E-state index contributed by atoms with van der Waals surface area (Å²) >= 11 is 5.71. The third kappa shape index (κ3) is 4.76. The zero-order valence-corrected chi connectivity index (χ0v) is 14.7. The Labute approximate surface area is 135 Å². The highest BCUT2D eigenvalue weighted by Gasteiger charge is 2.16. The fourth-order valence-corrected chi connectivity index (χ4v) is 4.12. The van der Waals surface area contributed by atoms with Gasteiger partial charge in [-0.3, -0.25) is 0 Å². The summed E-state index contributed by atoms with van der Waals surface area (Å²) in [6.07, 6.45) is 3.49. The van der Waals surface area contributed by atoms with Crippen LogP contribution in [0.4, 0.5) is 0 Å². The lowest BCUT2D eigenvalue weighted by Crippen LogP contribution is -2.19. The van der Waals surface area contributed by atoms with Crippen LogP contribution in [0, 0.1) is 0 Å². The van der Waals surface area contributed by atoms with Crippen LogP contribution < -0.4 is 5.32 Å². The summed E-state index contributed by atoms with van der Waals surface area (Å²) in [7, 11) is 0. The summed E-state index contributed by atoms with van der Waals surface area (Å²) in [5, 5.41) is 4.23. The van der Waals surface area contributed by atoms with E-state index in [9.17, 15) is 0 Å². The van der Waals surface area contributed by atoms with Crippen molar-refractivity contribution >= 4 is 27.7 Å². The van der Waals surface area contributed by atoms with Crippen LogP contribution >= 0.6 is 27.7 Å². The number of thioether (sulfide) groups is 1. The molecule has 0 saturated carbocycles. The van der Waals surface area contributed by atoms with E-state index < -0.39 is 0 Å². The molecule has 2 nitrogen and oxygen atoms in total. The Morgan fingerprint density at radius 1 is 1.40 bits per heavy atom. The van der Waals surface area contributed by atoms with Crippen LogP contribution in [0.1, 0.15) is 44.7 Å². The fourth-order valence-electron chi connectivity index (χ4n) is 2.33. The highest BCUT2D eigenvalue weighted by molar-refractivity contribution is 9.10. The largest absolute Gasteiger partial charge is 0.381 e. The summed E-state index contributed by atoms with van der Waals surface area (Å²) in [5.41, 5.74) is 1.35. The second-order valence-corrected chi connectivity index (χ2v) is 7.49. The molecule has 0 amide bonds. The van der Waals surface area contributed by atoms with Crippen LogP contribution in [0.2, 0.25) is 0 Å². The predicted molar refractivity (Wildman–Crippen MR) is 90.5 cm³/mol. The maximum absolute atomic E-state index is 5.42. The van der Waals surface area contributed by atoms with E-state index in [4.69, 9.17) is 4.74 Å². The molecule has 0 bridgehead atoms. The van der Waals surface area contributed by atoms with Gasteiger partial charge in [-0.05, 0) is 66.4 Å². The van der Waals surface area contributed by atoms with E-state index >= 15 is 0 Å². The SMILES string of the molecule is CCCNC(C)c1ccc(SC2CCOCC2)c(Br)c1. The Balaban J connectivity index is 1.97. The van der Waals surface area contributed by atoms with Crippen LogP contribution in [0.5, 0.6) is 0 Å². The number of rotatable bonds is 6. The minimum atomic E-state index is 0.411. The Hall–Kier alpha value is -0.0300. The number of nitrogens with one attached hydrogen (secondary N) is 1. The molecule has 1 fully saturated rings. The first-order valence-corrected chi connectivity index (χ1v) is 9.15. The van der Waals surface area contributed by atoms with Gasteiger partial charge in [-0.1, -0.05) is 13.0 Å². The molecule has 2 rings (SSSR count). The molecule has 4 heteroatoms. The highest BCUT2D eigenvalue weighted by atomic mass is 79.9. The maximum atomic E-state index is 5.42. The van der Waals surface area contributed by atoms with E-state index in [1.807, 2.05) is 11.8 Å². The van der Waals surface area contributed by atoms with E-state index in [1.54, 1.807) is 0 Å². The quantitative estimate of drug-likeness (QED) is 0.791. The second kappa shape index (κ2) is 8.42. The minimum absolute atomic E-state index is 0.411. The second-order valence-electron chi connectivity index (χ2n) is 5.30. The van der Waals surface area contributed by atoms with Crippen molar-refractivity contribution in [1.29, 1.82) is 0 Å². The summed E-state index contributed by atoms with van der Waals surface area (Å²) in [5.74, 6) is 0. The van der Waals surface area contributed by atoms with E-state index in [1.165, 1.54) is 21.4 Å². The van der Waals surface area contributed by atoms with Gasteiger partial charge in [-0.15, -0.1) is 11.8 Å². The highest BCUT2D eigenvalue weighted by Crippen LogP contribution is 2.35. The van der Waals surface area contributed by atoms with Crippen LogP contribution in [-0.2, 0) is 4.74 Å². The first kappa shape index (κ1) is 16.3. The van der Waals surface area contributed by atoms with E-state index in [2.05, 4.69) is 53.3 Å². The Morgan fingerprint density at radius 3 is 2.80 bits per heavy atom. The lowest BCUT2D eigenvalue weighted by Gasteiger charge is -2.22. The van der Waals surface area contributed by atoms with E-state index in [0.29, 0.717) is 11.3 Å². The summed E-state index contributed by atoms with van der Waals surface area (Å²) in [4.78, 5) is 1.35. The van der Waals surface area contributed by atoms with Gasteiger partial charge >= 0.3 is 0 Å². The van der Waals surface area contributed by atoms with Gasteiger partial charge in [0.15, 0.2) is 0 Å². The number of hydrogen-bond acceptors (Lipinski definition) is 3. The molecule has 1 unspecified atom stereocenters. The maximum Gasteiger partial charge on any atom is 0.0476 e. The van der Waals surface area contributed by atoms with Gasteiger partial charge in [0.25, 0.3) is 0 Å². The van der Waals surface area contributed by atoms with E-state index in [-0.39, 0.29) is 0 Å². The molecule has 1 aromatic carbocycles.